The molecule has 0 aliphatic heterocycles. The largest absolute Gasteiger partial charge is 0.497 e. The fourth-order valence-electron chi connectivity index (χ4n) is 7.90. The van der Waals surface area contributed by atoms with Gasteiger partial charge in [0.1, 0.15) is 11.4 Å². The lowest BCUT2D eigenvalue weighted by Gasteiger charge is -2.09. The zero-order valence-corrected chi connectivity index (χ0v) is 53.0. The Labute approximate surface area is 541 Å². The van der Waals surface area contributed by atoms with E-state index < -0.39 is 24.1 Å². The number of thioether (sulfide) groups is 3. The van der Waals surface area contributed by atoms with Crippen LogP contribution in [0.15, 0.2) is 189 Å². The zero-order chi connectivity index (χ0) is 63.5. The van der Waals surface area contributed by atoms with E-state index in [1.165, 1.54) is 29.6 Å². The van der Waals surface area contributed by atoms with Gasteiger partial charge in [0.05, 0.1) is 32.9 Å². The van der Waals surface area contributed by atoms with Crippen molar-refractivity contribution in [1.82, 2.24) is 30.4 Å². The number of fused-ring (bicyclic) bond motifs is 4. The number of carbonyl (C=O) groups is 4. The first-order valence-electron chi connectivity index (χ1n) is 25.7. The highest BCUT2D eigenvalue weighted by Gasteiger charge is 2.38. The average Bonchev–Trinajstić information content (AvgIpc) is 2.37. The maximum absolute atomic E-state index is 11.6. The Bertz CT molecular complexity index is 4220. The van der Waals surface area contributed by atoms with Gasteiger partial charge in [-0.15, -0.1) is 45.5 Å². The summed E-state index contributed by atoms with van der Waals surface area (Å²) in [6, 6.07) is 55.1. The first-order chi connectivity index (χ1) is 42.0. The van der Waals surface area contributed by atoms with Crippen LogP contribution in [0.3, 0.4) is 0 Å². The number of benzene rings is 9. The van der Waals surface area contributed by atoms with Crippen LogP contribution in [-0.4, -0.2) is 95.8 Å². The van der Waals surface area contributed by atoms with Gasteiger partial charge in [0.2, 0.25) is 0 Å². The number of methoxy groups -OCH3 is 2. The number of nitrogens with one attached hydrogen (secondary N) is 1. The molecule has 0 saturated carbocycles. The van der Waals surface area contributed by atoms with E-state index in [0.29, 0.717) is 45.9 Å². The van der Waals surface area contributed by atoms with E-state index in [0.717, 1.165) is 78.6 Å². The normalized spacial score (nSPS) is 10.8. The number of carboxylic acid groups (broad SMARTS) is 3. The number of rotatable bonds is 15. The predicted octanol–water partition coefficient (Wildman–Crippen LogP) is 17.8. The molecule has 2 heterocycles. The second-order valence-electron chi connectivity index (χ2n) is 18.3. The molecule has 4 N–H and O–H groups in total. The number of esters is 1. The zero-order valence-electron chi connectivity index (χ0n) is 46.0. The molecular formula is C62H48BrCl4F3N6O9S3. The molecule has 26 heteroatoms. The molecule has 0 radical (unpaired) electrons. The minimum absolute atomic E-state index is 0.0245. The van der Waals surface area contributed by atoms with E-state index in [2.05, 4.69) is 64.6 Å². The van der Waals surface area contributed by atoms with Crippen molar-refractivity contribution >= 4 is 165 Å². The van der Waals surface area contributed by atoms with Gasteiger partial charge in [-0.1, -0.05) is 128 Å². The van der Waals surface area contributed by atoms with Crippen LogP contribution in [0.5, 0.6) is 5.75 Å². The van der Waals surface area contributed by atoms with Gasteiger partial charge in [0, 0.05) is 56.5 Å². The van der Waals surface area contributed by atoms with E-state index in [9.17, 15) is 32.7 Å². The first kappa shape index (κ1) is 68.0. The van der Waals surface area contributed by atoms with Crippen LogP contribution in [0.4, 0.5) is 13.2 Å². The van der Waals surface area contributed by atoms with Gasteiger partial charge in [-0.05, 0) is 158 Å². The number of aromatic carboxylic acids is 2. The minimum atomic E-state index is -5.08. The van der Waals surface area contributed by atoms with Crippen molar-refractivity contribution in [2.24, 2.45) is 0 Å². The number of halogens is 8. The molecule has 9 aromatic carbocycles. The molecular weight excluding hydrogens is 1350 g/mol. The van der Waals surface area contributed by atoms with Crippen molar-refractivity contribution in [2.45, 2.75) is 45.3 Å². The molecule has 454 valence electrons. The highest BCUT2D eigenvalue weighted by Crippen LogP contribution is 2.32. The molecule has 15 nitrogen and oxygen atoms in total. The number of ether oxygens (including phenoxy) is 2. The smallest absolute Gasteiger partial charge is 0.490 e. The minimum Gasteiger partial charge on any atom is -0.497 e. The van der Waals surface area contributed by atoms with E-state index in [1.54, 1.807) is 35.3 Å². The fourth-order valence-corrected chi connectivity index (χ4v) is 11.7. The number of aromatic nitrogens is 6. The summed E-state index contributed by atoms with van der Waals surface area (Å²) in [5.41, 5.74) is 1.92. The maximum atomic E-state index is 11.6. The maximum Gasteiger partial charge on any atom is 0.490 e. The van der Waals surface area contributed by atoms with Crippen LogP contribution >= 0.6 is 97.6 Å². The number of hydrogen-bond acceptors (Lipinski definition) is 13. The lowest BCUT2D eigenvalue weighted by atomic mass is 10.1. The number of aromatic amines is 1. The number of H-pyrrole nitrogens is 1. The highest BCUT2D eigenvalue weighted by molar-refractivity contribution is 9.10. The van der Waals surface area contributed by atoms with Crippen molar-refractivity contribution in [1.29, 1.82) is 0 Å². The third kappa shape index (κ3) is 20.5. The Morgan fingerprint density at radius 2 is 0.977 bits per heavy atom. The van der Waals surface area contributed by atoms with Gasteiger partial charge in [0.25, 0.3) is 0 Å². The highest BCUT2D eigenvalue weighted by atomic mass is 79.9. The number of carbonyl (C=O) groups excluding carboxylic acids is 1. The Kier molecular flexibility index (Phi) is 25.2. The summed E-state index contributed by atoms with van der Waals surface area (Å²) in [4.78, 5) is 45.7. The second kappa shape index (κ2) is 32.6. The van der Waals surface area contributed by atoms with Crippen LogP contribution < -0.4 is 4.74 Å². The van der Waals surface area contributed by atoms with Crippen LogP contribution in [0.1, 0.15) is 44.3 Å². The standard InChI is InChI=1S/C22H18ClN3O3S.C14H10ClN3O2S.C14H13ClO2S.C10H6BrCl.C2HF3O2/c1-29-18-7-2-14(3-8-18)12-26-20(21(22(27)28)24-25-26)13-30-19-9-5-15-10-17(23)6-4-16(15)11-19;15-10-3-1-9-6-11(4-2-8(9)5-10)21-7-12-13(14(19)20)17-18-16-12;1-17-14(16)6-7-18-13-5-3-10-8-12(15)4-2-11(10)9-13;11-9-3-1-8-6-10(12)4-2-7(8)5-9;3-2(4,5)1(6)7/h2-11H,12-13H2,1H3,(H,27,28);1-6H,7H2,(H,19,20)(H,16,17,18);2-5,8-9H,6-7H2,1H3;1-6H;(H,6,7). The van der Waals surface area contributed by atoms with E-state index >= 15 is 0 Å². The number of alkyl halides is 3. The van der Waals surface area contributed by atoms with Gasteiger partial charge in [-0.3, -0.25) is 4.79 Å². The molecule has 0 aliphatic carbocycles. The monoisotopic (exact) mass is 1390 g/mol. The summed E-state index contributed by atoms with van der Waals surface area (Å²) < 4.78 is 44.3. The summed E-state index contributed by atoms with van der Waals surface area (Å²) in [5.74, 6) is -2.72. The predicted molar refractivity (Wildman–Crippen MR) is 346 cm³/mol. The lowest BCUT2D eigenvalue weighted by Crippen LogP contribution is -2.21. The summed E-state index contributed by atoms with van der Waals surface area (Å²) in [7, 11) is 3.02. The molecule has 0 saturated heterocycles. The fraction of sp³-hybridized carbons (Fsp3) is 0.129. The van der Waals surface area contributed by atoms with Crippen molar-refractivity contribution in [3.8, 4) is 5.75 Å². The molecule has 0 fully saturated rings. The van der Waals surface area contributed by atoms with Gasteiger partial charge >= 0.3 is 30.1 Å². The molecule has 11 aromatic rings. The molecule has 88 heavy (non-hydrogen) atoms. The molecule has 0 aliphatic rings. The number of carboxylic acids is 3. The third-order valence-corrected chi connectivity index (χ3v) is 16.7. The third-order valence-electron chi connectivity index (χ3n) is 12.2. The topological polar surface area (TPSA) is 220 Å². The van der Waals surface area contributed by atoms with Gasteiger partial charge in [-0.25, -0.2) is 19.1 Å². The molecule has 11 rings (SSSR count). The number of aliphatic carboxylic acids is 1. The van der Waals surface area contributed by atoms with E-state index in [-0.39, 0.29) is 17.4 Å². The Morgan fingerprint density at radius 1 is 0.557 bits per heavy atom. The average molecular weight is 1400 g/mol. The number of hydrogen-bond donors (Lipinski definition) is 4. The molecule has 0 unspecified atom stereocenters. The van der Waals surface area contributed by atoms with Gasteiger partial charge < -0.3 is 24.8 Å². The Balaban J connectivity index is 0.000000168. The molecule has 2 aromatic heterocycles. The summed E-state index contributed by atoms with van der Waals surface area (Å²) >= 11 is 31.9. The van der Waals surface area contributed by atoms with Crippen LogP contribution in [0.25, 0.3) is 43.1 Å². The summed E-state index contributed by atoms with van der Waals surface area (Å²) in [5, 5.41) is 55.3. The van der Waals surface area contributed by atoms with Crippen LogP contribution in [0.2, 0.25) is 20.1 Å². The Morgan fingerprint density at radius 3 is 1.42 bits per heavy atom. The number of nitrogens with zero attached hydrogens (tertiary/aromatic N) is 5. The van der Waals surface area contributed by atoms with Crippen molar-refractivity contribution in [3.63, 3.8) is 0 Å². The van der Waals surface area contributed by atoms with Crippen LogP contribution in [-0.2, 0) is 32.4 Å². The van der Waals surface area contributed by atoms with Crippen molar-refractivity contribution in [2.75, 3.05) is 20.0 Å². The molecule has 0 bridgehead atoms. The quantitative estimate of drug-likeness (QED) is 0.0554. The van der Waals surface area contributed by atoms with Crippen molar-refractivity contribution in [3.05, 3.63) is 223 Å². The van der Waals surface area contributed by atoms with Crippen LogP contribution in [0, 0.1) is 0 Å². The van der Waals surface area contributed by atoms with E-state index in [1.807, 2.05) is 152 Å². The van der Waals surface area contributed by atoms with Crippen molar-refractivity contribution < 1.29 is 57.1 Å². The summed E-state index contributed by atoms with van der Waals surface area (Å²) in [6.45, 7) is 0.427. The second-order valence-corrected chi connectivity index (χ2v) is 24.2. The van der Waals surface area contributed by atoms with Gasteiger partial charge in [0.15, 0.2) is 11.4 Å². The molecule has 0 atom stereocenters. The first-order valence-corrected chi connectivity index (χ1v) is 30.9. The lowest BCUT2D eigenvalue weighted by molar-refractivity contribution is -0.192. The SMILES string of the molecule is COC(=O)CCSc1ccc2cc(Cl)ccc2c1.COc1ccc(Cn2nnc(C(=O)O)c2CSc2ccc3cc(Cl)ccc3c2)cc1.Clc1ccc2cc(Br)ccc2c1.O=C(O)C(F)(F)F.O=C(O)c1n[nH]nc1CSc1ccc2cc(Cl)ccc2c1. The van der Waals surface area contributed by atoms with E-state index in [4.69, 9.17) is 66.1 Å². The summed E-state index contributed by atoms with van der Waals surface area (Å²) in [6.07, 6.45) is -4.65. The molecule has 0 spiro atoms. The van der Waals surface area contributed by atoms with Gasteiger partial charge in [-0.2, -0.15) is 23.5 Å². The molecule has 0 amide bonds. The Hall–Kier alpha value is -7.54.